The second-order valence-electron chi connectivity index (χ2n) is 2.27. The molecule has 0 aliphatic rings. The summed E-state index contributed by atoms with van der Waals surface area (Å²) < 4.78 is 5.19. The van der Waals surface area contributed by atoms with Gasteiger partial charge in [0.2, 0.25) is 0 Å². The van der Waals surface area contributed by atoms with Crippen LogP contribution in [0.5, 0.6) is 0 Å². The maximum atomic E-state index is 5.67. The van der Waals surface area contributed by atoms with Gasteiger partial charge < -0.3 is 4.42 Å². The van der Waals surface area contributed by atoms with E-state index in [2.05, 4.69) is 4.98 Å². The molecular weight excluding hydrogens is 162 g/mol. The molecule has 0 amide bonds. The van der Waals surface area contributed by atoms with Crippen molar-refractivity contribution in [3.05, 3.63) is 30.3 Å². The highest BCUT2D eigenvalue weighted by Crippen LogP contribution is 2.20. The van der Waals surface area contributed by atoms with Crippen molar-refractivity contribution in [1.29, 1.82) is 0 Å². The molecule has 0 bridgehead atoms. The highest BCUT2D eigenvalue weighted by atomic mass is 35.5. The van der Waals surface area contributed by atoms with Gasteiger partial charge in [0.05, 0.1) is 18.3 Å². The van der Waals surface area contributed by atoms with Crippen LogP contribution in [-0.4, -0.2) is 4.98 Å². The van der Waals surface area contributed by atoms with E-state index in [0.29, 0.717) is 5.88 Å². The lowest BCUT2D eigenvalue weighted by Crippen LogP contribution is -1.73. The first-order valence-electron chi connectivity index (χ1n) is 3.28. The molecule has 0 fully saturated rings. The van der Waals surface area contributed by atoms with Gasteiger partial charge in [-0.15, -0.1) is 11.6 Å². The molecule has 0 saturated carbocycles. The van der Waals surface area contributed by atoms with Crippen LogP contribution in [-0.2, 0) is 5.88 Å². The van der Waals surface area contributed by atoms with Gasteiger partial charge in [0.15, 0.2) is 5.58 Å². The normalized spacial score (nSPS) is 10.6. The van der Waals surface area contributed by atoms with E-state index < -0.39 is 0 Å². The number of alkyl halides is 1. The molecule has 2 rings (SSSR count). The van der Waals surface area contributed by atoms with Crippen molar-refractivity contribution >= 4 is 22.6 Å². The molecule has 2 nitrogen and oxygen atoms in total. The molecule has 0 atom stereocenters. The maximum Gasteiger partial charge on any atom is 0.152 e. The van der Waals surface area contributed by atoms with Crippen molar-refractivity contribution < 1.29 is 4.42 Å². The Bertz CT molecular complexity index is 369. The molecule has 0 unspecified atom stereocenters. The number of rotatable bonds is 1. The molecule has 3 heteroatoms. The van der Waals surface area contributed by atoms with Gasteiger partial charge in [0.25, 0.3) is 0 Å². The van der Waals surface area contributed by atoms with E-state index in [0.717, 1.165) is 16.5 Å². The van der Waals surface area contributed by atoms with Crippen molar-refractivity contribution in [2.75, 3.05) is 0 Å². The Morgan fingerprint density at radius 3 is 3.27 bits per heavy atom. The van der Waals surface area contributed by atoms with Crippen LogP contribution in [0.25, 0.3) is 11.0 Å². The Morgan fingerprint density at radius 1 is 1.55 bits per heavy atom. The largest absolute Gasteiger partial charge is 0.462 e. The topological polar surface area (TPSA) is 26.0 Å². The molecule has 56 valence electrons. The fourth-order valence-corrected chi connectivity index (χ4v) is 1.25. The highest BCUT2D eigenvalue weighted by molar-refractivity contribution is 6.17. The number of fused-ring (bicyclic) bond motifs is 1. The van der Waals surface area contributed by atoms with Gasteiger partial charge in [0, 0.05) is 17.1 Å². The maximum absolute atomic E-state index is 5.67. The first-order chi connectivity index (χ1) is 5.42. The smallest absolute Gasteiger partial charge is 0.152 e. The molecule has 11 heavy (non-hydrogen) atoms. The first kappa shape index (κ1) is 6.68. The molecule has 0 radical (unpaired) electrons. The monoisotopic (exact) mass is 167 g/mol. The molecule has 2 aromatic rings. The van der Waals surface area contributed by atoms with E-state index in [1.165, 1.54) is 0 Å². The number of hydrogen-bond acceptors (Lipinski definition) is 2. The Kier molecular flexibility index (Phi) is 1.55. The number of furan rings is 1. The van der Waals surface area contributed by atoms with E-state index in [1.807, 2.05) is 6.07 Å². The Labute approximate surface area is 68.8 Å². The molecular formula is C8H6ClNO. The zero-order valence-electron chi connectivity index (χ0n) is 5.75. The number of hydrogen-bond donors (Lipinski definition) is 0. The molecule has 0 saturated heterocycles. The molecule has 0 aromatic carbocycles. The number of nitrogens with zero attached hydrogens (tertiary/aromatic N) is 1. The van der Waals surface area contributed by atoms with Crippen LogP contribution in [0.4, 0.5) is 0 Å². The Balaban J connectivity index is 2.76. The predicted molar refractivity (Wildman–Crippen MR) is 43.6 cm³/mol. The zero-order valence-corrected chi connectivity index (χ0v) is 6.51. The summed E-state index contributed by atoms with van der Waals surface area (Å²) in [5.41, 5.74) is 1.81. The third-order valence-electron chi connectivity index (χ3n) is 1.60. The van der Waals surface area contributed by atoms with Crippen LogP contribution < -0.4 is 0 Å². The summed E-state index contributed by atoms with van der Waals surface area (Å²) in [6.07, 6.45) is 5.08. The lowest BCUT2D eigenvalue weighted by Gasteiger charge is -1.87. The van der Waals surface area contributed by atoms with Crippen molar-refractivity contribution in [2.45, 2.75) is 5.88 Å². The molecule has 0 spiro atoms. The fraction of sp³-hybridized carbons (Fsp3) is 0.125. The lowest BCUT2D eigenvalue weighted by molar-refractivity contribution is 0.611. The summed E-state index contributed by atoms with van der Waals surface area (Å²) in [4.78, 5) is 3.92. The Morgan fingerprint density at radius 2 is 2.45 bits per heavy atom. The van der Waals surface area contributed by atoms with Crippen LogP contribution in [0.1, 0.15) is 5.56 Å². The summed E-state index contributed by atoms with van der Waals surface area (Å²) in [6, 6.07) is 1.90. The standard InChI is InChI=1S/C8H6ClNO/c9-3-6-5-11-8-4-10-2-1-7(6)8/h1-2,4-5H,3H2. The quantitative estimate of drug-likeness (QED) is 0.611. The lowest BCUT2D eigenvalue weighted by atomic mass is 10.2. The van der Waals surface area contributed by atoms with Crippen molar-refractivity contribution in [3.8, 4) is 0 Å². The van der Waals surface area contributed by atoms with Gasteiger partial charge in [-0.2, -0.15) is 0 Å². The second-order valence-corrected chi connectivity index (χ2v) is 2.53. The average Bonchev–Trinajstić information content (AvgIpc) is 2.47. The van der Waals surface area contributed by atoms with Crippen molar-refractivity contribution in [3.63, 3.8) is 0 Å². The van der Waals surface area contributed by atoms with Crippen LogP contribution in [0.3, 0.4) is 0 Å². The Hall–Kier alpha value is -1.02. The van der Waals surface area contributed by atoms with E-state index in [-0.39, 0.29) is 0 Å². The van der Waals surface area contributed by atoms with Crippen LogP contribution in [0.2, 0.25) is 0 Å². The molecule has 0 N–H and O–H groups in total. The average molecular weight is 168 g/mol. The van der Waals surface area contributed by atoms with Crippen LogP contribution in [0, 0.1) is 0 Å². The summed E-state index contributed by atoms with van der Waals surface area (Å²) in [5.74, 6) is 0.483. The van der Waals surface area contributed by atoms with Gasteiger partial charge in [-0.25, -0.2) is 0 Å². The number of aromatic nitrogens is 1. The van der Waals surface area contributed by atoms with Gasteiger partial charge in [-0.3, -0.25) is 4.98 Å². The first-order valence-corrected chi connectivity index (χ1v) is 3.81. The summed E-state index contributed by atoms with van der Waals surface area (Å²) in [5, 5.41) is 1.05. The van der Waals surface area contributed by atoms with Gasteiger partial charge in [-0.1, -0.05) is 0 Å². The molecule has 0 aliphatic heterocycles. The van der Waals surface area contributed by atoms with E-state index >= 15 is 0 Å². The molecule has 0 aliphatic carbocycles. The predicted octanol–water partition coefficient (Wildman–Crippen LogP) is 2.57. The number of halogens is 1. The van der Waals surface area contributed by atoms with E-state index in [9.17, 15) is 0 Å². The third kappa shape index (κ3) is 0.994. The van der Waals surface area contributed by atoms with Gasteiger partial charge in [-0.05, 0) is 6.07 Å². The van der Waals surface area contributed by atoms with Crippen LogP contribution >= 0.6 is 11.6 Å². The minimum atomic E-state index is 0.483. The van der Waals surface area contributed by atoms with Gasteiger partial charge >= 0.3 is 0 Å². The second kappa shape index (κ2) is 2.55. The SMILES string of the molecule is ClCc1coc2cnccc12. The summed E-state index contributed by atoms with van der Waals surface area (Å²) in [6.45, 7) is 0. The van der Waals surface area contributed by atoms with Crippen LogP contribution in [0.15, 0.2) is 29.1 Å². The molecule has 2 aromatic heterocycles. The minimum absolute atomic E-state index is 0.483. The van der Waals surface area contributed by atoms with Crippen molar-refractivity contribution in [2.24, 2.45) is 0 Å². The van der Waals surface area contributed by atoms with E-state index in [1.54, 1.807) is 18.7 Å². The van der Waals surface area contributed by atoms with Crippen molar-refractivity contribution in [1.82, 2.24) is 4.98 Å². The highest BCUT2D eigenvalue weighted by Gasteiger charge is 2.02. The zero-order chi connectivity index (χ0) is 7.68. The van der Waals surface area contributed by atoms with Gasteiger partial charge in [0.1, 0.15) is 0 Å². The summed E-state index contributed by atoms with van der Waals surface area (Å²) in [7, 11) is 0. The van der Waals surface area contributed by atoms with E-state index in [4.69, 9.17) is 16.0 Å². The minimum Gasteiger partial charge on any atom is -0.462 e. The third-order valence-corrected chi connectivity index (χ3v) is 1.89. The molecule has 2 heterocycles. The summed E-state index contributed by atoms with van der Waals surface area (Å²) >= 11 is 5.67. The number of pyridine rings is 1. The fourth-order valence-electron chi connectivity index (χ4n) is 1.04.